The third-order valence-corrected chi connectivity index (χ3v) is 4.96. The predicted octanol–water partition coefficient (Wildman–Crippen LogP) is 4.37. The topological polar surface area (TPSA) is 55.1 Å². The van der Waals surface area contributed by atoms with E-state index in [0.29, 0.717) is 31.2 Å². The molecule has 4 rings (SSSR count). The summed E-state index contributed by atoms with van der Waals surface area (Å²) in [4.78, 5) is 16.5. The fraction of sp³-hybridized carbons (Fsp3) is 0. The summed E-state index contributed by atoms with van der Waals surface area (Å²) >= 11 is 12.1. The number of nitrogens with zero attached hydrogens (tertiary/aromatic N) is 1. The number of nitrogens with one attached hydrogen (secondary N) is 1. The summed E-state index contributed by atoms with van der Waals surface area (Å²) in [6.07, 6.45) is 5.01. The van der Waals surface area contributed by atoms with E-state index in [1.54, 1.807) is 30.6 Å². The van der Waals surface area contributed by atoms with Gasteiger partial charge in [-0.05, 0) is 30.3 Å². The lowest BCUT2D eigenvalue weighted by molar-refractivity contribution is -0.115. The minimum atomic E-state index is -0.221. The molecule has 1 amide bonds. The van der Waals surface area contributed by atoms with Crippen LogP contribution in [0.2, 0.25) is 5.02 Å². The number of thioether (sulfide) groups is 1. The van der Waals surface area contributed by atoms with E-state index in [0.717, 1.165) is 10.9 Å². The Morgan fingerprint density at radius 3 is 2.77 bits per heavy atom. The van der Waals surface area contributed by atoms with E-state index in [1.807, 2.05) is 18.2 Å². The van der Waals surface area contributed by atoms with Crippen molar-refractivity contribution in [2.45, 2.75) is 0 Å². The van der Waals surface area contributed by atoms with E-state index in [4.69, 9.17) is 28.2 Å². The van der Waals surface area contributed by atoms with Gasteiger partial charge in [0.25, 0.3) is 5.91 Å². The first-order valence-corrected chi connectivity index (χ1v) is 9.09. The third kappa shape index (κ3) is 3.51. The van der Waals surface area contributed by atoms with Crippen LogP contribution in [0.5, 0.6) is 0 Å². The molecule has 0 radical (unpaired) electrons. The molecule has 3 aromatic rings. The molecule has 0 saturated carbocycles. The number of rotatable bonds is 1. The van der Waals surface area contributed by atoms with Crippen molar-refractivity contribution in [3.63, 3.8) is 0 Å². The molecule has 26 heavy (non-hydrogen) atoms. The Morgan fingerprint density at radius 1 is 1.23 bits per heavy atom. The third-order valence-electron chi connectivity index (χ3n) is 3.54. The number of halogens is 1. The van der Waals surface area contributed by atoms with E-state index in [2.05, 4.69) is 22.1 Å². The highest BCUT2D eigenvalue weighted by Crippen LogP contribution is 2.29. The van der Waals surface area contributed by atoms with E-state index in [9.17, 15) is 4.79 Å². The zero-order valence-electron chi connectivity index (χ0n) is 13.1. The van der Waals surface area contributed by atoms with Gasteiger partial charge < -0.3 is 9.73 Å². The van der Waals surface area contributed by atoms with Crippen LogP contribution in [0.15, 0.2) is 52.0 Å². The standard InChI is InChI=1S/C19H9ClN2O2S2/c20-14-5-2-11(3-6-14)1-4-12-9-21-10-13-7-15(24-17(12)13)8-16-18(23)22-19(25)26-16/h2-3,5-10H,(H,22,23,25). The highest BCUT2D eigenvalue weighted by atomic mass is 35.5. The average Bonchev–Trinajstić information content (AvgIpc) is 3.17. The van der Waals surface area contributed by atoms with Gasteiger partial charge in [0.1, 0.15) is 10.1 Å². The van der Waals surface area contributed by atoms with Crippen molar-refractivity contribution in [1.29, 1.82) is 0 Å². The Morgan fingerprint density at radius 2 is 2.04 bits per heavy atom. The Bertz CT molecular complexity index is 1140. The molecule has 1 aliphatic heterocycles. The molecular formula is C19H9ClN2O2S2. The summed E-state index contributed by atoms with van der Waals surface area (Å²) < 4.78 is 6.31. The van der Waals surface area contributed by atoms with E-state index in [1.165, 1.54) is 11.8 Å². The highest BCUT2D eigenvalue weighted by Gasteiger charge is 2.22. The molecule has 4 nitrogen and oxygen atoms in total. The Kier molecular flexibility index (Phi) is 4.51. The molecule has 1 saturated heterocycles. The first-order chi connectivity index (χ1) is 12.6. The molecule has 0 bridgehead atoms. The fourth-order valence-electron chi connectivity index (χ4n) is 2.37. The van der Waals surface area contributed by atoms with Crippen molar-refractivity contribution in [1.82, 2.24) is 10.3 Å². The molecule has 0 unspecified atom stereocenters. The Hall–Kier alpha value is -2.59. The zero-order chi connectivity index (χ0) is 18.1. The van der Waals surface area contributed by atoms with Crippen molar-refractivity contribution in [2.24, 2.45) is 0 Å². The van der Waals surface area contributed by atoms with E-state index in [-0.39, 0.29) is 5.91 Å². The van der Waals surface area contributed by atoms with Crippen molar-refractivity contribution in [3.05, 3.63) is 69.5 Å². The summed E-state index contributed by atoms with van der Waals surface area (Å²) in [6.45, 7) is 0. The van der Waals surface area contributed by atoms with Crippen LogP contribution >= 0.6 is 35.6 Å². The summed E-state index contributed by atoms with van der Waals surface area (Å²) in [5, 5.41) is 4.05. The van der Waals surface area contributed by atoms with E-state index < -0.39 is 0 Å². The quantitative estimate of drug-likeness (QED) is 0.376. The first kappa shape index (κ1) is 16.9. The van der Waals surface area contributed by atoms with Gasteiger partial charge >= 0.3 is 0 Å². The van der Waals surface area contributed by atoms with E-state index >= 15 is 0 Å². The maximum absolute atomic E-state index is 11.8. The largest absolute Gasteiger partial charge is 0.455 e. The van der Waals surface area contributed by atoms with Crippen LogP contribution in [-0.2, 0) is 4.79 Å². The molecule has 0 aliphatic carbocycles. The fourth-order valence-corrected chi connectivity index (χ4v) is 3.52. The number of carbonyl (C=O) groups is 1. The minimum Gasteiger partial charge on any atom is -0.455 e. The van der Waals surface area contributed by atoms with Gasteiger partial charge in [0.05, 0.1) is 10.5 Å². The Balaban J connectivity index is 1.70. The van der Waals surface area contributed by atoms with Gasteiger partial charge in [0, 0.05) is 34.4 Å². The summed E-state index contributed by atoms with van der Waals surface area (Å²) in [5.74, 6) is 6.46. The number of hydrogen-bond donors (Lipinski definition) is 1. The minimum absolute atomic E-state index is 0.221. The number of pyridine rings is 1. The maximum Gasteiger partial charge on any atom is 0.263 e. The number of carbonyl (C=O) groups excluding carboxylic acids is 1. The molecular weight excluding hydrogens is 388 g/mol. The Labute approximate surface area is 163 Å². The molecule has 1 aromatic carbocycles. The molecule has 7 heteroatoms. The molecule has 3 heterocycles. The van der Waals surface area contributed by atoms with Gasteiger partial charge in [-0.25, -0.2) is 0 Å². The van der Waals surface area contributed by atoms with Gasteiger partial charge in [-0.15, -0.1) is 0 Å². The number of aromatic nitrogens is 1. The first-order valence-electron chi connectivity index (χ1n) is 7.48. The normalized spacial score (nSPS) is 15.2. The molecule has 0 spiro atoms. The van der Waals surface area contributed by atoms with Gasteiger partial charge in [0.2, 0.25) is 0 Å². The molecule has 2 aromatic heterocycles. The summed E-state index contributed by atoms with van der Waals surface area (Å²) in [7, 11) is 0. The van der Waals surface area contributed by atoms with Crippen molar-refractivity contribution < 1.29 is 9.21 Å². The maximum atomic E-state index is 11.8. The van der Waals surface area contributed by atoms with Crippen LogP contribution in [0, 0.1) is 11.8 Å². The second kappa shape index (κ2) is 6.96. The van der Waals surface area contributed by atoms with Gasteiger partial charge in [0.15, 0.2) is 5.58 Å². The van der Waals surface area contributed by atoms with Crippen molar-refractivity contribution in [3.8, 4) is 11.8 Å². The van der Waals surface area contributed by atoms with Crippen molar-refractivity contribution in [2.75, 3.05) is 0 Å². The average molecular weight is 397 g/mol. The van der Waals surface area contributed by atoms with Crippen LogP contribution in [-0.4, -0.2) is 15.2 Å². The van der Waals surface area contributed by atoms with Gasteiger partial charge in [-0.1, -0.05) is 47.4 Å². The van der Waals surface area contributed by atoms with Crippen molar-refractivity contribution >= 4 is 62.9 Å². The predicted molar refractivity (Wildman–Crippen MR) is 108 cm³/mol. The summed E-state index contributed by atoms with van der Waals surface area (Å²) in [6, 6.07) is 9.09. The van der Waals surface area contributed by atoms with Gasteiger partial charge in [-0.2, -0.15) is 0 Å². The molecule has 126 valence electrons. The highest BCUT2D eigenvalue weighted by molar-refractivity contribution is 8.26. The van der Waals surface area contributed by atoms with Gasteiger partial charge in [-0.3, -0.25) is 9.78 Å². The molecule has 0 atom stereocenters. The number of benzene rings is 1. The van der Waals surface area contributed by atoms with Crippen LogP contribution in [0.4, 0.5) is 0 Å². The van der Waals surface area contributed by atoms with Crippen LogP contribution < -0.4 is 5.32 Å². The van der Waals surface area contributed by atoms with Crippen LogP contribution in [0.25, 0.3) is 17.0 Å². The number of hydrogen-bond acceptors (Lipinski definition) is 5. The second-order valence-corrected chi connectivity index (χ2v) is 7.52. The molecule has 1 N–H and O–H groups in total. The van der Waals surface area contributed by atoms with Crippen LogP contribution in [0.1, 0.15) is 16.9 Å². The zero-order valence-corrected chi connectivity index (χ0v) is 15.5. The number of amides is 1. The lowest BCUT2D eigenvalue weighted by atomic mass is 10.2. The number of furan rings is 1. The summed E-state index contributed by atoms with van der Waals surface area (Å²) in [5.41, 5.74) is 2.13. The smallest absolute Gasteiger partial charge is 0.263 e. The number of fused-ring (bicyclic) bond motifs is 1. The monoisotopic (exact) mass is 396 g/mol. The lowest BCUT2D eigenvalue weighted by Crippen LogP contribution is -2.17. The second-order valence-electron chi connectivity index (χ2n) is 5.36. The number of thiocarbonyl (C=S) groups is 1. The molecule has 1 fully saturated rings. The lowest BCUT2D eigenvalue weighted by Gasteiger charge is -1.93. The van der Waals surface area contributed by atoms with Crippen LogP contribution in [0.3, 0.4) is 0 Å². The SMILES string of the molecule is O=C1NC(=S)SC1=Cc1cc2cncc(C#Cc3ccc(Cl)cc3)c2o1. The molecule has 1 aliphatic rings.